The largest absolute Gasteiger partial charge is 0.416 e. The van der Waals surface area contributed by atoms with E-state index in [1.54, 1.807) is 18.2 Å². The molecular weight excluding hydrogens is 329 g/mol. The summed E-state index contributed by atoms with van der Waals surface area (Å²) >= 11 is 0. The van der Waals surface area contributed by atoms with Gasteiger partial charge in [-0.05, 0) is 35.5 Å². The summed E-state index contributed by atoms with van der Waals surface area (Å²) in [5, 5.41) is 10.7. The third kappa shape index (κ3) is 3.76. The van der Waals surface area contributed by atoms with Crippen LogP contribution in [-0.4, -0.2) is 22.1 Å². The first kappa shape index (κ1) is 16.9. The van der Waals surface area contributed by atoms with Gasteiger partial charge in [-0.15, -0.1) is 0 Å². The molecule has 0 aliphatic rings. The van der Waals surface area contributed by atoms with Crippen LogP contribution in [0.15, 0.2) is 53.5 Å². The minimum Gasteiger partial charge on any atom is -0.294 e. The maximum atomic E-state index is 13.0. The van der Waals surface area contributed by atoms with E-state index in [0.29, 0.717) is 29.9 Å². The second-order valence-electron chi connectivity index (χ2n) is 5.51. The number of hydrogen-bond acceptors (Lipinski definition) is 3. The number of aliphatic imine (C=N–C) groups is 1. The molecule has 128 valence electrons. The monoisotopic (exact) mass is 344 g/mol. The lowest BCUT2D eigenvalue weighted by atomic mass is 9.95. The van der Waals surface area contributed by atoms with Gasteiger partial charge in [0.1, 0.15) is 5.69 Å². The molecular formula is C18H15F3N4. The van der Waals surface area contributed by atoms with Gasteiger partial charge in [0, 0.05) is 6.42 Å². The number of halogens is 3. The van der Waals surface area contributed by atoms with Crippen molar-refractivity contribution in [1.82, 2.24) is 15.4 Å². The summed E-state index contributed by atoms with van der Waals surface area (Å²) in [6.45, 7) is 3.77. The van der Waals surface area contributed by atoms with E-state index in [1.807, 2.05) is 12.1 Å². The molecule has 0 saturated heterocycles. The minimum atomic E-state index is -4.38. The number of rotatable bonds is 5. The molecule has 1 heterocycles. The Morgan fingerprint density at radius 1 is 1.00 bits per heavy atom. The first-order chi connectivity index (χ1) is 12.0. The molecule has 0 unspecified atom stereocenters. The van der Waals surface area contributed by atoms with Crippen LogP contribution in [-0.2, 0) is 19.1 Å². The third-order valence-electron chi connectivity index (χ3n) is 3.84. The Morgan fingerprint density at radius 3 is 2.52 bits per heavy atom. The quantitative estimate of drug-likeness (QED) is 0.702. The fourth-order valence-corrected chi connectivity index (χ4v) is 2.65. The van der Waals surface area contributed by atoms with Crippen molar-refractivity contribution in [2.75, 3.05) is 0 Å². The lowest BCUT2D eigenvalue weighted by Crippen LogP contribution is -2.04. The second kappa shape index (κ2) is 6.88. The minimum absolute atomic E-state index is 0.331. The van der Waals surface area contributed by atoms with Crippen LogP contribution in [0.2, 0.25) is 0 Å². The number of H-pyrrole nitrogens is 1. The number of aromatic nitrogens is 3. The molecule has 0 aliphatic heterocycles. The fraction of sp³-hybridized carbons (Fsp3) is 0.167. The number of nitrogens with one attached hydrogen (secondary N) is 1. The highest BCUT2D eigenvalue weighted by Crippen LogP contribution is 2.33. The number of benzene rings is 2. The van der Waals surface area contributed by atoms with Gasteiger partial charge in [0.05, 0.1) is 17.8 Å². The number of nitrogens with zero attached hydrogens (tertiary/aromatic N) is 3. The van der Waals surface area contributed by atoms with Gasteiger partial charge < -0.3 is 0 Å². The fourth-order valence-electron chi connectivity index (χ4n) is 2.65. The predicted molar refractivity (Wildman–Crippen MR) is 89.3 cm³/mol. The predicted octanol–water partition coefficient (Wildman–Crippen LogP) is 4.28. The Balaban J connectivity index is 1.99. The normalized spacial score (nSPS) is 11.5. The van der Waals surface area contributed by atoms with Crippen molar-refractivity contribution in [3.8, 4) is 11.1 Å². The Labute approximate surface area is 142 Å². The molecule has 0 fully saturated rings. The maximum absolute atomic E-state index is 13.0. The molecule has 0 aliphatic carbocycles. The first-order valence-electron chi connectivity index (χ1n) is 7.55. The molecule has 0 amide bonds. The van der Waals surface area contributed by atoms with Crippen molar-refractivity contribution in [3.63, 3.8) is 0 Å². The van der Waals surface area contributed by atoms with Gasteiger partial charge in [-0.2, -0.15) is 28.6 Å². The number of hydrogen-bond donors (Lipinski definition) is 1. The average molecular weight is 344 g/mol. The number of aromatic amines is 1. The molecule has 0 saturated carbocycles. The molecule has 0 radical (unpaired) electrons. The summed E-state index contributed by atoms with van der Waals surface area (Å²) in [6.07, 6.45) is -3.94. The summed E-state index contributed by atoms with van der Waals surface area (Å²) in [6, 6.07) is 12.6. The highest BCUT2D eigenvalue weighted by molar-refractivity contribution is 5.68. The van der Waals surface area contributed by atoms with Gasteiger partial charge in [-0.1, -0.05) is 36.4 Å². The summed E-state index contributed by atoms with van der Waals surface area (Å²) < 4.78 is 39.0. The lowest BCUT2D eigenvalue weighted by molar-refractivity contribution is -0.137. The topological polar surface area (TPSA) is 53.9 Å². The van der Waals surface area contributed by atoms with E-state index in [9.17, 15) is 13.2 Å². The molecule has 0 atom stereocenters. The van der Waals surface area contributed by atoms with E-state index in [2.05, 4.69) is 27.1 Å². The van der Waals surface area contributed by atoms with E-state index < -0.39 is 11.7 Å². The van der Waals surface area contributed by atoms with Crippen LogP contribution in [0, 0.1) is 0 Å². The summed E-state index contributed by atoms with van der Waals surface area (Å²) in [5.41, 5.74) is 2.81. The van der Waals surface area contributed by atoms with Crippen molar-refractivity contribution >= 4 is 6.72 Å². The zero-order chi connectivity index (χ0) is 17.9. The highest BCUT2D eigenvalue weighted by Gasteiger charge is 2.30. The molecule has 0 bridgehead atoms. The first-order valence-corrected chi connectivity index (χ1v) is 7.55. The van der Waals surface area contributed by atoms with Crippen LogP contribution in [0.25, 0.3) is 11.1 Å². The van der Waals surface area contributed by atoms with Crippen LogP contribution in [0.5, 0.6) is 0 Å². The Morgan fingerprint density at radius 2 is 1.76 bits per heavy atom. The Hall–Kier alpha value is -2.96. The average Bonchev–Trinajstić information content (AvgIpc) is 3.02. The molecule has 25 heavy (non-hydrogen) atoms. The van der Waals surface area contributed by atoms with Crippen LogP contribution >= 0.6 is 0 Å². The standard InChI is InChI=1S/C18H15F3N4/c1-22-11-17-16(23-25-24-17)10-13-5-2-3-8-15(13)12-6-4-7-14(9-12)18(19,20)21/h2-9H,1,10-11H2,(H,23,24,25). The highest BCUT2D eigenvalue weighted by atomic mass is 19.4. The van der Waals surface area contributed by atoms with E-state index in [-0.39, 0.29) is 0 Å². The maximum Gasteiger partial charge on any atom is 0.416 e. The smallest absolute Gasteiger partial charge is 0.294 e. The van der Waals surface area contributed by atoms with E-state index >= 15 is 0 Å². The van der Waals surface area contributed by atoms with Crippen molar-refractivity contribution in [2.24, 2.45) is 4.99 Å². The number of alkyl halides is 3. The summed E-state index contributed by atoms with van der Waals surface area (Å²) in [7, 11) is 0. The van der Waals surface area contributed by atoms with Gasteiger partial charge in [0.15, 0.2) is 0 Å². The zero-order valence-electron chi connectivity index (χ0n) is 13.2. The van der Waals surface area contributed by atoms with Gasteiger partial charge in [0.25, 0.3) is 0 Å². The lowest BCUT2D eigenvalue weighted by Gasteiger charge is -2.12. The van der Waals surface area contributed by atoms with Crippen LogP contribution in [0.3, 0.4) is 0 Å². The Bertz CT molecular complexity index is 884. The van der Waals surface area contributed by atoms with Crippen LogP contribution < -0.4 is 0 Å². The van der Waals surface area contributed by atoms with E-state index in [4.69, 9.17) is 0 Å². The second-order valence-corrected chi connectivity index (χ2v) is 5.51. The molecule has 3 rings (SSSR count). The van der Waals surface area contributed by atoms with Gasteiger partial charge >= 0.3 is 6.18 Å². The molecule has 1 N–H and O–H groups in total. The molecule has 3 aromatic rings. The van der Waals surface area contributed by atoms with Crippen LogP contribution in [0.1, 0.15) is 22.5 Å². The van der Waals surface area contributed by atoms with Crippen molar-refractivity contribution in [2.45, 2.75) is 19.1 Å². The van der Waals surface area contributed by atoms with Crippen molar-refractivity contribution in [1.29, 1.82) is 0 Å². The summed E-state index contributed by atoms with van der Waals surface area (Å²) in [5.74, 6) is 0. The van der Waals surface area contributed by atoms with E-state index in [1.165, 1.54) is 6.07 Å². The van der Waals surface area contributed by atoms with Gasteiger partial charge in [-0.25, -0.2) is 0 Å². The van der Waals surface area contributed by atoms with Gasteiger partial charge in [-0.3, -0.25) is 4.99 Å². The molecule has 1 aromatic heterocycles. The van der Waals surface area contributed by atoms with E-state index in [0.717, 1.165) is 23.3 Å². The molecule has 2 aromatic carbocycles. The SMILES string of the molecule is C=NCc1n[nH]nc1Cc1ccccc1-c1cccc(C(F)(F)F)c1. The molecule has 0 spiro atoms. The summed E-state index contributed by atoms with van der Waals surface area (Å²) in [4.78, 5) is 3.80. The van der Waals surface area contributed by atoms with Gasteiger partial charge in [0.2, 0.25) is 0 Å². The molecule has 4 nitrogen and oxygen atoms in total. The third-order valence-corrected chi connectivity index (χ3v) is 3.84. The zero-order valence-corrected chi connectivity index (χ0v) is 13.2. The van der Waals surface area contributed by atoms with Crippen molar-refractivity contribution < 1.29 is 13.2 Å². The Kier molecular flexibility index (Phi) is 4.65. The van der Waals surface area contributed by atoms with Crippen molar-refractivity contribution in [3.05, 3.63) is 71.0 Å². The molecule has 7 heteroatoms. The van der Waals surface area contributed by atoms with Crippen LogP contribution in [0.4, 0.5) is 13.2 Å².